The number of benzene rings is 1. The molecule has 0 saturated heterocycles. The number of carbonyl (C=O) groups excluding carboxylic acids is 1. The van der Waals surface area contributed by atoms with E-state index in [0.717, 1.165) is 0 Å². The van der Waals surface area contributed by atoms with E-state index in [1.807, 2.05) is 0 Å². The van der Waals surface area contributed by atoms with Gasteiger partial charge in [-0.25, -0.2) is 9.79 Å². The van der Waals surface area contributed by atoms with Crippen LogP contribution >= 0.6 is 0 Å². The van der Waals surface area contributed by atoms with Gasteiger partial charge in [-0.2, -0.15) is 0 Å². The molecule has 0 unspecified atom stereocenters. The first-order valence-electron chi connectivity index (χ1n) is 4.67. The quantitative estimate of drug-likeness (QED) is 0.775. The van der Waals surface area contributed by atoms with E-state index < -0.39 is 11.9 Å². The maximum atomic E-state index is 11.3. The summed E-state index contributed by atoms with van der Waals surface area (Å²) in [6, 6.07) is 4.41. The number of amides is 1. The molecule has 0 aliphatic carbocycles. The van der Waals surface area contributed by atoms with Crippen LogP contribution in [0.25, 0.3) is 0 Å². The summed E-state index contributed by atoms with van der Waals surface area (Å²) in [6.07, 6.45) is 2.49. The Morgan fingerprint density at radius 1 is 1.35 bits per heavy atom. The standard InChI is InChI=1S/C11H8N2O4/c12-10(14)9-8-6(11(15)16)2-1-3-7(8)17-5-4-13-9/h1-5H,(H2,12,14)(H,15,16). The van der Waals surface area contributed by atoms with Crippen LogP contribution in [0.3, 0.4) is 0 Å². The number of primary amides is 1. The molecule has 86 valence electrons. The molecule has 0 saturated carbocycles. The number of nitrogens with two attached hydrogens (primary N) is 1. The summed E-state index contributed by atoms with van der Waals surface area (Å²) in [4.78, 5) is 26.1. The molecule has 1 aliphatic rings. The molecular formula is C11H8N2O4. The zero-order valence-corrected chi connectivity index (χ0v) is 8.58. The number of rotatable bonds is 2. The topological polar surface area (TPSA) is 102 Å². The van der Waals surface area contributed by atoms with Gasteiger partial charge in [0, 0.05) is 0 Å². The van der Waals surface area contributed by atoms with Gasteiger partial charge in [0.1, 0.15) is 17.7 Å². The average Bonchev–Trinajstić information content (AvgIpc) is 2.50. The van der Waals surface area contributed by atoms with Crippen LogP contribution < -0.4 is 10.5 Å². The van der Waals surface area contributed by atoms with E-state index in [9.17, 15) is 9.59 Å². The van der Waals surface area contributed by atoms with E-state index in [4.69, 9.17) is 15.6 Å². The molecule has 0 radical (unpaired) electrons. The van der Waals surface area contributed by atoms with Gasteiger partial charge in [-0.1, -0.05) is 6.07 Å². The number of hydrogen-bond acceptors (Lipinski definition) is 4. The van der Waals surface area contributed by atoms with Crippen molar-refractivity contribution in [2.45, 2.75) is 0 Å². The van der Waals surface area contributed by atoms with Gasteiger partial charge in [0.25, 0.3) is 5.91 Å². The van der Waals surface area contributed by atoms with E-state index in [2.05, 4.69) is 4.99 Å². The first-order valence-corrected chi connectivity index (χ1v) is 4.67. The number of carbonyl (C=O) groups is 2. The monoisotopic (exact) mass is 232 g/mol. The van der Waals surface area contributed by atoms with Crippen LogP contribution in [0.15, 0.2) is 35.7 Å². The summed E-state index contributed by atoms with van der Waals surface area (Å²) in [5.41, 5.74) is 5.05. The highest BCUT2D eigenvalue weighted by molar-refractivity contribution is 6.46. The van der Waals surface area contributed by atoms with Gasteiger partial charge < -0.3 is 15.6 Å². The number of ether oxygens (including phenoxy) is 1. The summed E-state index contributed by atoms with van der Waals surface area (Å²) in [6.45, 7) is 0. The second-order valence-corrected chi connectivity index (χ2v) is 3.23. The van der Waals surface area contributed by atoms with Crippen LogP contribution in [0.4, 0.5) is 0 Å². The van der Waals surface area contributed by atoms with Gasteiger partial charge in [0.05, 0.1) is 17.3 Å². The summed E-state index contributed by atoms with van der Waals surface area (Å²) >= 11 is 0. The van der Waals surface area contributed by atoms with Crippen LogP contribution in [0.5, 0.6) is 5.75 Å². The largest absolute Gasteiger partial charge is 0.478 e. The Balaban J connectivity index is 2.73. The van der Waals surface area contributed by atoms with Gasteiger partial charge in [-0.3, -0.25) is 4.79 Å². The Bertz CT molecular complexity index is 561. The molecule has 6 heteroatoms. The highest BCUT2D eigenvalue weighted by atomic mass is 16.5. The molecule has 1 heterocycles. The van der Waals surface area contributed by atoms with E-state index in [0.29, 0.717) is 0 Å². The third kappa shape index (κ3) is 1.87. The van der Waals surface area contributed by atoms with Crippen molar-refractivity contribution < 1.29 is 19.4 Å². The highest BCUT2D eigenvalue weighted by Crippen LogP contribution is 2.25. The smallest absolute Gasteiger partial charge is 0.336 e. The lowest BCUT2D eigenvalue weighted by Gasteiger charge is -2.09. The summed E-state index contributed by atoms with van der Waals surface area (Å²) in [5, 5.41) is 9.05. The van der Waals surface area contributed by atoms with Crippen molar-refractivity contribution >= 4 is 17.6 Å². The Hall–Kier alpha value is -2.63. The molecule has 1 amide bonds. The SMILES string of the molecule is NC(=O)C1=NC=COc2cccc(C(=O)O)c21. The predicted octanol–water partition coefficient (Wildman–Crippen LogP) is 0.523. The lowest BCUT2D eigenvalue weighted by molar-refractivity contribution is -0.111. The van der Waals surface area contributed by atoms with Crippen molar-refractivity contribution in [2.75, 3.05) is 0 Å². The molecule has 0 bridgehead atoms. The predicted molar refractivity (Wildman–Crippen MR) is 58.9 cm³/mol. The number of aromatic carboxylic acids is 1. The lowest BCUT2D eigenvalue weighted by atomic mass is 10.0. The minimum absolute atomic E-state index is 0.0799. The van der Waals surface area contributed by atoms with Crippen molar-refractivity contribution in [1.82, 2.24) is 0 Å². The van der Waals surface area contributed by atoms with Crippen LogP contribution in [-0.4, -0.2) is 22.7 Å². The molecule has 0 aromatic heterocycles. The summed E-state index contributed by atoms with van der Waals surface area (Å²) in [7, 11) is 0. The third-order valence-corrected chi connectivity index (χ3v) is 2.19. The number of nitrogens with zero attached hydrogens (tertiary/aromatic N) is 1. The minimum Gasteiger partial charge on any atom is -0.478 e. The van der Waals surface area contributed by atoms with E-state index in [1.54, 1.807) is 0 Å². The fourth-order valence-corrected chi connectivity index (χ4v) is 1.51. The van der Waals surface area contributed by atoms with Crippen LogP contribution in [0, 0.1) is 0 Å². The van der Waals surface area contributed by atoms with Gasteiger partial charge in [-0.05, 0) is 12.1 Å². The molecule has 1 aromatic rings. The molecular weight excluding hydrogens is 224 g/mol. The molecule has 1 aliphatic heterocycles. The number of aliphatic imine (C=N–C) groups is 1. The second-order valence-electron chi connectivity index (χ2n) is 3.23. The van der Waals surface area contributed by atoms with E-state index >= 15 is 0 Å². The maximum Gasteiger partial charge on any atom is 0.336 e. The first-order chi connectivity index (χ1) is 8.11. The van der Waals surface area contributed by atoms with Crippen LogP contribution in [0.2, 0.25) is 0 Å². The molecule has 0 fully saturated rings. The van der Waals surface area contributed by atoms with Crippen molar-refractivity contribution in [2.24, 2.45) is 10.7 Å². The van der Waals surface area contributed by atoms with Gasteiger partial charge in [0.2, 0.25) is 0 Å². The van der Waals surface area contributed by atoms with Crippen LogP contribution in [-0.2, 0) is 4.79 Å². The number of carboxylic acids is 1. The molecule has 1 aromatic carbocycles. The number of fused-ring (bicyclic) bond motifs is 1. The van der Waals surface area contributed by atoms with Gasteiger partial charge >= 0.3 is 5.97 Å². The van der Waals surface area contributed by atoms with Gasteiger partial charge in [-0.15, -0.1) is 0 Å². The Kier molecular flexibility index (Phi) is 2.61. The van der Waals surface area contributed by atoms with Crippen LogP contribution in [0.1, 0.15) is 15.9 Å². The third-order valence-electron chi connectivity index (χ3n) is 2.19. The fraction of sp³-hybridized carbons (Fsp3) is 0. The van der Waals surface area contributed by atoms with E-state index in [1.165, 1.54) is 30.7 Å². The zero-order chi connectivity index (χ0) is 12.4. The van der Waals surface area contributed by atoms with Crippen molar-refractivity contribution in [1.29, 1.82) is 0 Å². The van der Waals surface area contributed by atoms with Crippen molar-refractivity contribution in [3.63, 3.8) is 0 Å². The second kappa shape index (κ2) is 4.09. The molecule has 0 atom stereocenters. The van der Waals surface area contributed by atoms with Crippen molar-refractivity contribution in [3.8, 4) is 5.75 Å². The average molecular weight is 232 g/mol. The van der Waals surface area contributed by atoms with E-state index in [-0.39, 0.29) is 22.6 Å². The molecule has 0 spiro atoms. The lowest BCUT2D eigenvalue weighted by Crippen LogP contribution is -2.26. The normalized spacial score (nSPS) is 13.1. The minimum atomic E-state index is -1.18. The summed E-state index contributed by atoms with van der Waals surface area (Å²) < 4.78 is 5.15. The Morgan fingerprint density at radius 3 is 2.76 bits per heavy atom. The first kappa shape index (κ1) is 10.9. The highest BCUT2D eigenvalue weighted by Gasteiger charge is 2.23. The fourth-order valence-electron chi connectivity index (χ4n) is 1.51. The summed E-state index contributed by atoms with van der Waals surface area (Å²) in [5.74, 6) is -1.76. The van der Waals surface area contributed by atoms with Gasteiger partial charge in [0.15, 0.2) is 0 Å². The number of carboxylic acid groups (broad SMARTS) is 1. The molecule has 3 N–H and O–H groups in total. The molecule has 17 heavy (non-hydrogen) atoms. The molecule has 2 rings (SSSR count). The molecule has 6 nitrogen and oxygen atoms in total. The van der Waals surface area contributed by atoms with Crippen molar-refractivity contribution in [3.05, 3.63) is 41.8 Å². The Morgan fingerprint density at radius 2 is 2.12 bits per heavy atom. The maximum absolute atomic E-state index is 11.3. The number of hydrogen-bond donors (Lipinski definition) is 2. The zero-order valence-electron chi connectivity index (χ0n) is 8.58. The Labute approximate surface area is 96.0 Å².